The molecule has 0 saturated carbocycles. The number of amides is 1. The molecule has 5 nitrogen and oxygen atoms in total. The molecule has 1 unspecified atom stereocenters. The number of carbonyl (C=O) groups is 1. The minimum Gasteiger partial charge on any atom is -0.345 e. The molecule has 1 aromatic carbocycles. The van der Waals surface area contributed by atoms with Crippen LogP contribution < -0.4 is 5.32 Å². The van der Waals surface area contributed by atoms with Crippen molar-refractivity contribution in [3.05, 3.63) is 75.8 Å². The molecule has 2 aromatic heterocycles. The number of hydrogen-bond acceptors (Lipinski definition) is 3. The Kier molecular flexibility index (Phi) is 5.40. The van der Waals surface area contributed by atoms with Gasteiger partial charge in [-0.15, -0.1) is 0 Å². The summed E-state index contributed by atoms with van der Waals surface area (Å²) in [5, 5.41) is 6.69. The number of alkyl halides is 6. The Hall–Kier alpha value is -3.08. The lowest BCUT2D eigenvalue weighted by Gasteiger charge is -2.15. The van der Waals surface area contributed by atoms with Crippen molar-refractivity contribution in [1.29, 1.82) is 0 Å². The van der Waals surface area contributed by atoms with Gasteiger partial charge in [0.25, 0.3) is 5.91 Å². The van der Waals surface area contributed by atoms with Crippen molar-refractivity contribution in [3.63, 3.8) is 0 Å². The zero-order valence-electron chi connectivity index (χ0n) is 15.9. The van der Waals surface area contributed by atoms with Gasteiger partial charge in [-0.3, -0.25) is 9.78 Å². The zero-order valence-corrected chi connectivity index (χ0v) is 16.7. The van der Waals surface area contributed by atoms with Crippen LogP contribution in [0.25, 0.3) is 5.69 Å². The normalized spacial score (nSPS) is 16.2. The highest BCUT2D eigenvalue weighted by atomic mass is 35.5. The van der Waals surface area contributed by atoms with Gasteiger partial charge in [0.2, 0.25) is 0 Å². The van der Waals surface area contributed by atoms with Crippen LogP contribution in [0.15, 0.2) is 42.7 Å². The molecule has 1 aliphatic carbocycles. The summed E-state index contributed by atoms with van der Waals surface area (Å²) in [6.07, 6.45) is -5.89. The number of nitrogens with zero attached hydrogens (tertiary/aromatic N) is 3. The van der Waals surface area contributed by atoms with Crippen molar-refractivity contribution < 1.29 is 31.1 Å². The fourth-order valence-electron chi connectivity index (χ4n) is 3.47. The molecule has 4 rings (SSSR count). The first-order valence-corrected chi connectivity index (χ1v) is 9.60. The number of fused-ring (bicyclic) bond motifs is 1. The van der Waals surface area contributed by atoms with E-state index in [1.165, 1.54) is 16.9 Å². The molecular formula is C20H13ClF6N4O. The third-order valence-electron chi connectivity index (χ3n) is 4.96. The molecule has 168 valence electrons. The Bertz CT molecular complexity index is 1190. The lowest BCUT2D eigenvalue weighted by Crippen LogP contribution is -2.27. The Morgan fingerprint density at radius 3 is 2.53 bits per heavy atom. The van der Waals surface area contributed by atoms with Gasteiger partial charge in [-0.2, -0.15) is 31.4 Å². The Morgan fingerprint density at radius 2 is 1.84 bits per heavy atom. The zero-order chi connectivity index (χ0) is 23.3. The summed E-state index contributed by atoms with van der Waals surface area (Å²) in [6.45, 7) is 0. The molecule has 32 heavy (non-hydrogen) atoms. The third kappa shape index (κ3) is 4.43. The minimum atomic E-state index is -4.67. The number of pyridine rings is 1. The maximum atomic E-state index is 13.0. The van der Waals surface area contributed by atoms with Crippen LogP contribution in [-0.2, 0) is 18.8 Å². The molecule has 0 radical (unpaired) electrons. The van der Waals surface area contributed by atoms with Gasteiger partial charge in [-0.1, -0.05) is 11.6 Å². The largest absolute Gasteiger partial charge is 0.433 e. The van der Waals surface area contributed by atoms with Crippen molar-refractivity contribution in [1.82, 2.24) is 20.1 Å². The Balaban J connectivity index is 1.57. The molecule has 0 bridgehead atoms. The summed E-state index contributed by atoms with van der Waals surface area (Å²) >= 11 is 5.74. The van der Waals surface area contributed by atoms with E-state index in [4.69, 9.17) is 11.6 Å². The third-order valence-corrected chi connectivity index (χ3v) is 5.18. The van der Waals surface area contributed by atoms with E-state index in [1.54, 1.807) is 0 Å². The molecule has 0 saturated heterocycles. The lowest BCUT2D eigenvalue weighted by molar-refractivity contribution is -0.141. The topological polar surface area (TPSA) is 59.8 Å². The smallest absolute Gasteiger partial charge is 0.345 e. The Labute approximate surface area is 182 Å². The highest BCUT2D eigenvalue weighted by Gasteiger charge is 2.34. The van der Waals surface area contributed by atoms with E-state index < -0.39 is 35.6 Å². The molecule has 0 aliphatic heterocycles. The average Bonchev–Trinajstić information content (AvgIpc) is 3.28. The highest BCUT2D eigenvalue weighted by molar-refractivity contribution is 6.31. The Morgan fingerprint density at radius 1 is 1.09 bits per heavy atom. The van der Waals surface area contributed by atoms with Crippen LogP contribution >= 0.6 is 11.6 Å². The second-order valence-corrected chi connectivity index (χ2v) is 7.60. The fraction of sp³-hybridized carbons (Fsp3) is 0.250. The average molecular weight is 475 g/mol. The molecule has 1 aliphatic rings. The number of rotatable bonds is 3. The number of hydrogen-bond donors (Lipinski definition) is 1. The number of nitrogens with one attached hydrogen (secondary N) is 1. The quantitative estimate of drug-likeness (QED) is 0.519. The van der Waals surface area contributed by atoms with Crippen LogP contribution in [0.4, 0.5) is 26.3 Å². The summed E-state index contributed by atoms with van der Waals surface area (Å²) in [4.78, 5) is 15.9. The van der Waals surface area contributed by atoms with Gasteiger partial charge in [0.15, 0.2) is 0 Å². The van der Waals surface area contributed by atoms with Crippen LogP contribution in [-0.4, -0.2) is 20.7 Å². The van der Waals surface area contributed by atoms with Gasteiger partial charge in [0.1, 0.15) is 5.69 Å². The summed E-state index contributed by atoms with van der Waals surface area (Å²) in [5.41, 5.74) is -1.10. The molecule has 0 spiro atoms. The van der Waals surface area contributed by atoms with Crippen molar-refractivity contribution >= 4 is 17.5 Å². The molecule has 1 amide bonds. The number of carbonyl (C=O) groups excluding carboxylic acids is 1. The molecule has 12 heteroatoms. The van der Waals surface area contributed by atoms with E-state index in [1.807, 2.05) is 0 Å². The summed E-state index contributed by atoms with van der Waals surface area (Å²) in [6, 6.07) is 4.19. The van der Waals surface area contributed by atoms with Crippen LogP contribution in [0, 0.1) is 0 Å². The number of aromatic nitrogens is 3. The number of benzene rings is 1. The standard InChI is InChI=1S/C20H13ClF6N4O/c21-12-6-10(5-11(7-12)19(22,23)24)18(32)29-15-1-2-16-14(15)9-31(30-16)13-3-4-28-17(8-13)20(25,26)27/h3-9,15H,1-2H2,(H,29,32). The van der Waals surface area contributed by atoms with Gasteiger partial charge >= 0.3 is 12.4 Å². The van der Waals surface area contributed by atoms with Crippen molar-refractivity contribution in [2.75, 3.05) is 0 Å². The predicted octanol–water partition coefficient (Wildman–Crippen LogP) is 5.38. The molecule has 2 heterocycles. The molecule has 1 N–H and O–H groups in total. The fourth-order valence-corrected chi connectivity index (χ4v) is 3.71. The lowest BCUT2D eigenvalue weighted by atomic mass is 10.1. The monoisotopic (exact) mass is 474 g/mol. The van der Waals surface area contributed by atoms with E-state index in [0.29, 0.717) is 30.2 Å². The first kappa shape index (κ1) is 22.1. The van der Waals surface area contributed by atoms with Crippen molar-refractivity contribution in [2.45, 2.75) is 31.2 Å². The highest BCUT2D eigenvalue weighted by Crippen LogP contribution is 2.34. The van der Waals surface area contributed by atoms with Gasteiger partial charge < -0.3 is 5.32 Å². The van der Waals surface area contributed by atoms with Crippen molar-refractivity contribution in [3.8, 4) is 5.69 Å². The van der Waals surface area contributed by atoms with E-state index in [-0.39, 0.29) is 16.3 Å². The first-order valence-electron chi connectivity index (χ1n) is 9.22. The first-order chi connectivity index (χ1) is 14.9. The molecular weight excluding hydrogens is 462 g/mol. The second-order valence-electron chi connectivity index (χ2n) is 7.16. The van der Waals surface area contributed by atoms with Crippen LogP contribution in [0.3, 0.4) is 0 Å². The molecule has 0 fully saturated rings. The summed E-state index contributed by atoms with van der Waals surface area (Å²) in [7, 11) is 0. The number of halogens is 7. The van der Waals surface area contributed by atoms with E-state index in [0.717, 1.165) is 24.4 Å². The van der Waals surface area contributed by atoms with E-state index in [9.17, 15) is 31.1 Å². The molecule has 1 atom stereocenters. The molecule has 3 aromatic rings. The van der Waals surface area contributed by atoms with Crippen LogP contribution in [0.2, 0.25) is 5.02 Å². The van der Waals surface area contributed by atoms with E-state index >= 15 is 0 Å². The van der Waals surface area contributed by atoms with Gasteiger partial charge in [0.05, 0.1) is 23.0 Å². The second kappa shape index (κ2) is 7.80. The minimum absolute atomic E-state index is 0.136. The van der Waals surface area contributed by atoms with Crippen LogP contribution in [0.1, 0.15) is 45.3 Å². The maximum absolute atomic E-state index is 13.0. The maximum Gasteiger partial charge on any atom is 0.433 e. The van der Waals surface area contributed by atoms with Crippen LogP contribution in [0.5, 0.6) is 0 Å². The summed E-state index contributed by atoms with van der Waals surface area (Å²) < 4.78 is 79.0. The predicted molar refractivity (Wildman–Crippen MR) is 101 cm³/mol. The number of aryl methyl sites for hydroxylation is 1. The van der Waals surface area contributed by atoms with Crippen molar-refractivity contribution in [2.24, 2.45) is 0 Å². The van der Waals surface area contributed by atoms with E-state index in [2.05, 4.69) is 15.4 Å². The van der Waals surface area contributed by atoms with Gasteiger partial charge in [-0.25, -0.2) is 4.68 Å². The SMILES string of the molecule is O=C(NC1CCc2nn(-c3ccnc(C(F)(F)F)c3)cc21)c1cc(Cl)cc(C(F)(F)F)c1. The van der Waals surface area contributed by atoms with Gasteiger partial charge in [-0.05, 0) is 43.2 Å². The summed E-state index contributed by atoms with van der Waals surface area (Å²) in [5.74, 6) is -0.758. The van der Waals surface area contributed by atoms with Gasteiger partial charge in [0, 0.05) is 28.5 Å².